The zero-order chi connectivity index (χ0) is 14.8. The average Bonchev–Trinajstić information content (AvgIpc) is 2.42. The van der Waals surface area contributed by atoms with Gasteiger partial charge < -0.3 is 4.79 Å². The second kappa shape index (κ2) is 5.59. The molecule has 0 bridgehead atoms. The van der Waals surface area contributed by atoms with Crippen molar-refractivity contribution in [2.24, 2.45) is 0 Å². The SMILES string of the molecule is Cc1ccc(C(C=O)S(=O)(=O)c2ccc(C)cc2)cc1. The lowest BCUT2D eigenvalue weighted by Gasteiger charge is -2.13. The van der Waals surface area contributed by atoms with Crippen LogP contribution in [0.5, 0.6) is 0 Å². The second-order valence-corrected chi connectivity index (χ2v) is 6.89. The van der Waals surface area contributed by atoms with Crippen molar-refractivity contribution < 1.29 is 13.2 Å². The topological polar surface area (TPSA) is 51.2 Å². The van der Waals surface area contributed by atoms with Gasteiger partial charge >= 0.3 is 0 Å². The van der Waals surface area contributed by atoms with Crippen LogP contribution in [-0.4, -0.2) is 14.7 Å². The van der Waals surface area contributed by atoms with Crippen LogP contribution in [0.15, 0.2) is 53.4 Å². The van der Waals surface area contributed by atoms with Crippen LogP contribution in [0.3, 0.4) is 0 Å². The van der Waals surface area contributed by atoms with Crippen LogP contribution in [0.25, 0.3) is 0 Å². The summed E-state index contributed by atoms with van der Waals surface area (Å²) in [7, 11) is -3.70. The number of carbonyl (C=O) groups excluding carboxylic acids is 1. The lowest BCUT2D eigenvalue weighted by atomic mass is 10.1. The Morgan fingerprint density at radius 1 is 0.850 bits per heavy atom. The number of benzene rings is 2. The Labute approximate surface area is 119 Å². The lowest BCUT2D eigenvalue weighted by molar-refractivity contribution is -0.107. The zero-order valence-electron chi connectivity index (χ0n) is 11.4. The van der Waals surface area contributed by atoms with Crippen molar-refractivity contribution in [3.05, 3.63) is 65.2 Å². The van der Waals surface area contributed by atoms with E-state index in [2.05, 4.69) is 0 Å². The molecule has 0 aliphatic rings. The molecule has 2 rings (SSSR count). The molecule has 0 fully saturated rings. The molecule has 4 heteroatoms. The molecule has 0 N–H and O–H groups in total. The number of sulfone groups is 1. The van der Waals surface area contributed by atoms with Crippen LogP contribution in [-0.2, 0) is 14.6 Å². The highest BCUT2D eigenvalue weighted by Gasteiger charge is 2.28. The molecule has 0 saturated heterocycles. The van der Waals surface area contributed by atoms with E-state index < -0.39 is 15.1 Å². The smallest absolute Gasteiger partial charge is 0.192 e. The summed E-state index contributed by atoms with van der Waals surface area (Å²) in [6.07, 6.45) is 0.486. The van der Waals surface area contributed by atoms with Gasteiger partial charge in [-0.3, -0.25) is 0 Å². The molecule has 0 saturated carbocycles. The summed E-state index contributed by atoms with van der Waals surface area (Å²) in [5.41, 5.74) is 2.49. The van der Waals surface area contributed by atoms with Gasteiger partial charge in [0, 0.05) is 0 Å². The normalized spacial score (nSPS) is 12.9. The second-order valence-electron chi connectivity index (χ2n) is 4.83. The summed E-state index contributed by atoms with van der Waals surface area (Å²) in [4.78, 5) is 11.5. The van der Waals surface area contributed by atoms with Gasteiger partial charge in [-0.25, -0.2) is 8.42 Å². The predicted octanol–water partition coefficient (Wildman–Crippen LogP) is 3.02. The molecule has 0 amide bonds. The zero-order valence-corrected chi connectivity index (χ0v) is 12.2. The molecule has 3 nitrogen and oxygen atoms in total. The van der Waals surface area contributed by atoms with E-state index in [0.29, 0.717) is 11.8 Å². The van der Waals surface area contributed by atoms with Gasteiger partial charge in [0.2, 0.25) is 0 Å². The summed E-state index contributed by atoms with van der Waals surface area (Å²) >= 11 is 0. The van der Waals surface area contributed by atoms with E-state index in [1.54, 1.807) is 36.4 Å². The largest absolute Gasteiger partial charge is 0.302 e. The summed E-state index contributed by atoms with van der Waals surface area (Å²) in [5, 5.41) is -1.16. The molecule has 0 radical (unpaired) electrons. The number of rotatable bonds is 4. The minimum Gasteiger partial charge on any atom is -0.302 e. The van der Waals surface area contributed by atoms with Crippen LogP contribution in [0.2, 0.25) is 0 Å². The fraction of sp³-hybridized carbons (Fsp3) is 0.188. The Balaban J connectivity index is 2.47. The highest BCUT2D eigenvalue weighted by atomic mass is 32.2. The number of carbonyl (C=O) groups is 1. The summed E-state index contributed by atoms with van der Waals surface area (Å²) in [6.45, 7) is 3.79. The Morgan fingerprint density at radius 2 is 1.30 bits per heavy atom. The fourth-order valence-electron chi connectivity index (χ4n) is 1.96. The maximum Gasteiger partial charge on any atom is 0.192 e. The third-order valence-electron chi connectivity index (χ3n) is 3.21. The number of hydrogen-bond donors (Lipinski definition) is 0. The van der Waals surface area contributed by atoms with Crippen LogP contribution < -0.4 is 0 Å². The molecule has 104 valence electrons. The first-order chi connectivity index (χ1) is 9.45. The lowest BCUT2D eigenvalue weighted by Crippen LogP contribution is -2.15. The molecule has 0 spiro atoms. The molecule has 0 aliphatic carbocycles. The first-order valence-electron chi connectivity index (χ1n) is 6.27. The Kier molecular flexibility index (Phi) is 4.04. The van der Waals surface area contributed by atoms with Gasteiger partial charge in [-0.05, 0) is 31.5 Å². The van der Waals surface area contributed by atoms with E-state index in [0.717, 1.165) is 11.1 Å². The highest BCUT2D eigenvalue weighted by molar-refractivity contribution is 7.92. The van der Waals surface area contributed by atoms with Gasteiger partial charge in [-0.15, -0.1) is 0 Å². The van der Waals surface area contributed by atoms with Gasteiger partial charge in [0.15, 0.2) is 9.84 Å². The van der Waals surface area contributed by atoms with Crippen LogP contribution >= 0.6 is 0 Å². The van der Waals surface area contributed by atoms with Crippen molar-refractivity contribution >= 4 is 16.1 Å². The first-order valence-corrected chi connectivity index (χ1v) is 7.82. The van der Waals surface area contributed by atoms with Gasteiger partial charge in [0.1, 0.15) is 11.5 Å². The number of hydrogen-bond acceptors (Lipinski definition) is 3. The van der Waals surface area contributed by atoms with Crippen molar-refractivity contribution in [2.45, 2.75) is 24.0 Å². The molecule has 0 aromatic heterocycles. The Morgan fingerprint density at radius 3 is 1.75 bits per heavy atom. The van der Waals surface area contributed by atoms with Gasteiger partial charge in [0.25, 0.3) is 0 Å². The maximum absolute atomic E-state index is 12.5. The molecule has 1 unspecified atom stereocenters. The minimum atomic E-state index is -3.70. The van der Waals surface area contributed by atoms with Gasteiger partial charge in [-0.1, -0.05) is 47.5 Å². The first kappa shape index (κ1) is 14.5. The van der Waals surface area contributed by atoms with E-state index in [1.165, 1.54) is 12.1 Å². The standard InChI is InChI=1S/C16H16O3S/c1-12-3-7-14(8-4-12)16(11-17)20(18,19)15-9-5-13(2)6-10-15/h3-11,16H,1-2H3. The Hall–Kier alpha value is -1.94. The van der Waals surface area contributed by atoms with Crippen LogP contribution in [0.4, 0.5) is 0 Å². The maximum atomic E-state index is 12.5. The predicted molar refractivity (Wildman–Crippen MR) is 78.3 cm³/mol. The van der Waals surface area contributed by atoms with E-state index >= 15 is 0 Å². The van der Waals surface area contributed by atoms with Gasteiger partial charge in [0.05, 0.1) is 4.90 Å². The molecule has 0 heterocycles. The van der Waals surface area contributed by atoms with Crippen molar-refractivity contribution in [1.82, 2.24) is 0 Å². The summed E-state index contributed by atoms with van der Waals surface area (Å²) in [5.74, 6) is 0. The van der Waals surface area contributed by atoms with Gasteiger partial charge in [-0.2, -0.15) is 0 Å². The third kappa shape index (κ3) is 2.80. The molecule has 0 aliphatic heterocycles. The minimum absolute atomic E-state index is 0.167. The monoisotopic (exact) mass is 288 g/mol. The van der Waals surface area contributed by atoms with Crippen molar-refractivity contribution in [3.8, 4) is 0 Å². The molecular formula is C16H16O3S. The van der Waals surface area contributed by atoms with Crippen LogP contribution in [0, 0.1) is 13.8 Å². The summed E-state index contributed by atoms with van der Waals surface area (Å²) < 4.78 is 25.1. The number of aldehydes is 1. The summed E-state index contributed by atoms with van der Waals surface area (Å²) in [6, 6.07) is 13.5. The third-order valence-corrected chi connectivity index (χ3v) is 5.19. The Bertz CT molecular complexity index is 698. The van der Waals surface area contributed by atoms with Crippen molar-refractivity contribution in [2.75, 3.05) is 0 Å². The van der Waals surface area contributed by atoms with E-state index in [-0.39, 0.29) is 4.90 Å². The number of aryl methyl sites for hydroxylation is 2. The quantitative estimate of drug-likeness (QED) is 0.813. The highest BCUT2D eigenvalue weighted by Crippen LogP contribution is 2.27. The van der Waals surface area contributed by atoms with Crippen molar-refractivity contribution in [3.63, 3.8) is 0 Å². The van der Waals surface area contributed by atoms with E-state index in [4.69, 9.17) is 0 Å². The molecule has 2 aromatic rings. The van der Waals surface area contributed by atoms with E-state index in [9.17, 15) is 13.2 Å². The average molecular weight is 288 g/mol. The van der Waals surface area contributed by atoms with Crippen LogP contribution in [0.1, 0.15) is 21.9 Å². The van der Waals surface area contributed by atoms with Crippen molar-refractivity contribution in [1.29, 1.82) is 0 Å². The molecule has 20 heavy (non-hydrogen) atoms. The fourth-order valence-corrected chi connectivity index (χ4v) is 3.43. The van der Waals surface area contributed by atoms with E-state index in [1.807, 2.05) is 13.8 Å². The molecule has 1 atom stereocenters. The molecule has 2 aromatic carbocycles. The molecular weight excluding hydrogens is 272 g/mol.